The van der Waals surface area contributed by atoms with Gasteiger partial charge >= 0.3 is 0 Å². The first-order valence-corrected chi connectivity index (χ1v) is 9.94. The fourth-order valence-electron chi connectivity index (χ4n) is 4.33. The molecular weight excluding hydrogens is 332 g/mol. The molecule has 0 saturated carbocycles. The number of aromatic nitrogens is 2. The van der Waals surface area contributed by atoms with Crippen molar-refractivity contribution < 1.29 is 14.3 Å². The van der Waals surface area contributed by atoms with E-state index >= 15 is 0 Å². The lowest BCUT2D eigenvalue weighted by Crippen LogP contribution is -2.43. The van der Waals surface area contributed by atoms with E-state index in [1.54, 1.807) is 0 Å². The van der Waals surface area contributed by atoms with Crippen LogP contribution in [0.25, 0.3) is 0 Å². The summed E-state index contributed by atoms with van der Waals surface area (Å²) >= 11 is 0. The molecule has 0 aromatic carbocycles. The molecule has 0 radical (unpaired) electrons. The van der Waals surface area contributed by atoms with Crippen molar-refractivity contribution in [2.75, 3.05) is 32.8 Å². The number of carbonyl (C=O) groups is 2. The van der Waals surface area contributed by atoms with E-state index in [4.69, 9.17) is 9.84 Å². The highest BCUT2D eigenvalue weighted by atomic mass is 16.5. The Bertz CT molecular complexity index is 672. The van der Waals surface area contributed by atoms with Crippen LogP contribution in [0.3, 0.4) is 0 Å². The van der Waals surface area contributed by atoms with E-state index in [1.165, 1.54) is 0 Å². The van der Waals surface area contributed by atoms with E-state index in [2.05, 4.69) is 0 Å². The second-order valence-corrected chi connectivity index (χ2v) is 7.52. The maximum Gasteiger partial charge on any atom is 0.272 e. The Morgan fingerprint density at radius 2 is 2.00 bits per heavy atom. The molecule has 7 nitrogen and oxygen atoms in total. The molecule has 0 spiro atoms. The lowest BCUT2D eigenvalue weighted by atomic mass is 9.93. The van der Waals surface area contributed by atoms with Gasteiger partial charge in [-0.25, -0.2) is 0 Å². The molecule has 1 atom stereocenters. The molecule has 0 N–H and O–H groups in total. The van der Waals surface area contributed by atoms with E-state index < -0.39 is 0 Å². The third-order valence-electron chi connectivity index (χ3n) is 5.91. The van der Waals surface area contributed by atoms with Crippen molar-refractivity contribution in [3.63, 3.8) is 0 Å². The average molecular weight is 360 g/mol. The summed E-state index contributed by atoms with van der Waals surface area (Å²) in [5, 5.41) is 4.74. The Morgan fingerprint density at radius 3 is 2.69 bits per heavy atom. The maximum atomic E-state index is 12.7. The largest absolute Gasteiger partial charge is 0.368 e. The van der Waals surface area contributed by atoms with Crippen molar-refractivity contribution in [2.45, 2.75) is 57.6 Å². The topological polar surface area (TPSA) is 67.7 Å². The number of fused-ring (bicyclic) bond motifs is 1. The Labute approximate surface area is 154 Å². The molecule has 26 heavy (non-hydrogen) atoms. The van der Waals surface area contributed by atoms with Gasteiger partial charge in [-0.2, -0.15) is 5.10 Å². The molecule has 4 rings (SSSR count). The molecule has 0 bridgehead atoms. The third-order valence-corrected chi connectivity index (χ3v) is 5.91. The first kappa shape index (κ1) is 17.5. The normalized spacial score (nSPS) is 24.7. The van der Waals surface area contributed by atoms with Crippen molar-refractivity contribution in [3.8, 4) is 0 Å². The predicted molar refractivity (Wildman–Crippen MR) is 96.0 cm³/mol. The average Bonchev–Trinajstić information content (AvgIpc) is 3.32. The van der Waals surface area contributed by atoms with Crippen LogP contribution in [0.2, 0.25) is 0 Å². The SMILES string of the molecule is CCN1CCCn2nc(C3CCN(C(=O)C4CCCO4)CC3)cc2C1=O. The third kappa shape index (κ3) is 3.24. The molecule has 3 aliphatic heterocycles. The zero-order chi connectivity index (χ0) is 18.1. The molecule has 2 amide bonds. The number of rotatable bonds is 3. The summed E-state index contributed by atoms with van der Waals surface area (Å²) in [6.07, 6.45) is 4.36. The summed E-state index contributed by atoms with van der Waals surface area (Å²) in [4.78, 5) is 29.0. The second-order valence-electron chi connectivity index (χ2n) is 7.52. The number of carbonyl (C=O) groups excluding carboxylic acids is 2. The Hall–Kier alpha value is -1.89. The van der Waals surface area contributed by atoms with Crippen molar-refractivity contribution in [3.05, 3.63) is 17.5 Å². The van der Waals surface area contributed by atoms with Gasteiger partial charge in [0.05, 0.1) is 5.69 Å². The summed E-state index contributed by atoms with van der Waals surface area (Å²) in [6, 6.07) is 1.98. The number of aryl methyl sites for hydroxylation is 1. The number of ether oxygens (including phenoxy) is 1. The number of amides is 2. The molecule has 4 heterocycles. The van der Waals surface area contributed by atoms with Gasteiger partial charge in [-0.15, -0.1) is 0 Å². The Kier molecular flexibility index (Phi) is 4.98. The van der Waals surface area contributed by atoms with E-state index in [0.29, 0.717) is 12.5 Å². The van der Waals surface area contributed by atoms with Gasteiger partial charge in [0.2, 0.25) is 0 Å². The fraction of sp³-hybridized carbons (Fsp3) is 0.737. The van der Waals surface area contributed by atoms with E-state index in [9.17, 15) is 9.59 Å². The van der Waals surface area contributed by atoms with Crippen LogP contribution in [0.4, 0.5) is 0 Å². The highest BCUT2D eigenvalue weighted by Gasteiger charge is 2.33. The lowest BCUT2D eigenvalue weighted by Gasteiger charge is -2.32. The van der Waals surface area contributed by atoms with Gasteiger partial charge in [-0.3, -0.25) is 14.3 Å². The number of hydrogen-bond donors (Lipinski definition) is 0. The van der Waals surface area contributed by atoms with Gasteiger partial charge in [-0.1, -0.05) is 0 Å². The van der Waals surface area contributed by atoms with Crippen molar-refractivity contribution in [1.82, 2.24) is 19.6 Å². The molecule has 1 aromatic heterocycles. The van der Waals surface area contributed by atoms with Crippen molar-refractivity contribution in [1.29, 1.82) is 0 Å². The number of piperidine rings is 1. The minimum absolute atomic E-state index is 0.0924. The monoisotopic (exact) mass is 360 g/mol. The van der Waals surface area contributed by atoms with Crippen LogP contribution in [0.1, 0.15) is 61.1 Å². The Morgan fingerprint density at radius 1 is 1.19 bits per heavy atom. The van der Waals surface area contributed by atoms with Gasteiger partial charge in [0.25, 0.3) is 11.8 Å². The van der Waals surface area contributed by atoms with Crippen LogP contribution in [-0.4, -0.2) is 70.3 Å². The van der Waals surface area contributed by atoms with Crippen LogP contribution < -0.4 is 0 Å². The van der Waals surface area contributed by atoms with Crippen LogP contribution >= 0.6 is 0 Å². The fourth-order valence-corrected chi connectivity index (χ4v) is 4.33. The molecular formula is C19H28N4O3. The Balaban J connectivity index is 1.41. The van der Waals surface area contributed by atoms with Crippen molar-refractivity contribution >= 4 is 11.8 Å². The zero-order valence-electron chi connectivity index (χ0n) is 15.5. The first-order valence-electron chi connectivity index (χ1n) is 9.94. The van der Waals surface area contributed by atoms with E-state index in [0.717, 1.165) is 76.2 Å². The molecule has 1 aromatic rings. The van der Waals surface area contributed by atoms with Gasteiger partial charge in [0.1, 0.15) is 11.8 Å². The molecule has 3 aliphatic rings. The molecule has 2 fully saturated rings. The van der Waals surface area contributed by atoms with Gasteiger partial charge in [0.15, 0.2) is 0 Å². The summed E-state index contributed by atoms with van der Waals surface area (Å²) in [5.74, 6) is 0.566. The van der Waals surface area contributed by atoms with Crippen LogP contribution in [0, 0.1) is 0 Å². The van der Waals surface area contributed by atoms with E-state index in [1.807, 2.05) is 27.5 Å². The molecule has 7 heteroatoms. The van der Waals surface area contributed by atoms with Gasteiger partial charge < -0.3 is 14.5 Å². The highest BCUT2D eigenvalue weighted by molar-refractivity contribution is 5.93. The van der Waals surface area contributed by atoms with E-state index in [-0.39, 0.29) is 17.9 Å². The standard InChI is InChI=1S/C19H28N4O3/c1-2-21-8-4-9-23-16(18(21)24)13-15(20-23)14-6-10-22(11-7-14)19(25)17-5-3-12-26-17/h13-14,17H,2-12H2,1H3. The molecule has 1 unspecified atom stereocenters. The molecule has 142 valence electrons. The van der Waals surface area contributed by atoms with Crippen LogP contribution in [0.5, 0.6) is 0 Å². The van der Waals surface area contributed by atoms with Crippen molar-refractivity contribution in [2.24, 2.45) is 0 Å². The summed E-state index contributed by atoms with van der Waals surface area (Å²) in [5.41, 5.74) is 1.73. The quantitative estimate of drug-likeness (QED) is 0.822. The minimum atomic E-state index is -0.229. The summed E-state index contributed by atoms with van der Waals surface area (Å²) in [7, 11) is 0. The minimum Gasteiger partial charge on any atom is -0.368 e. The molecule has 2 saturated heterocycles. The van der Waals surface area contributed by atoms with Gasteiger partial charge in [0, 0.05) is 45.2 Å². The first-order chi connectivity index (χ1) is 12.7. The number of likely N-dealkylation sites (tertiary alicyclic amines) is 1. The number of hydrogen-bond acceptors (Lipinski definition) is 4. The highest BCUT2D eigenvalue weighted by Crippen LogP contribution is 2.29. The molecule has 0 aliphatic carbocycles. The smallest absolute Gasteiger partial charge is 0.272 e. The zero-order valence-corrected chi connectivity index (χ0v) is 15.5. The lowest BCUT2D eigenvalue weighted by molar-refractivity contribution is -0.142. The summed E-state index contributed by atoms with van der Waals surface area (Å²) in [6.45, 7) is 6.57. The maximum absolute atomic E-state index is 12.7. The van der Waals surface area contributed by atoms with Crippen LogP contribution in [0.15, 0.2) is 6.07 Å². The second kappa shape index (κ2) is 7.39. The van der Waals surface area contributed by atoms with Gasteiger partial charge in [-0.05, 0) is 45.1 Å². The summed E-state index contributed by atoms with van der Waals surface area (Å²) < 4.78 is 7.42. The number of nitrogens with zero attached hydrogens (tertiary/aromatic N) is 4. The predicted octanol–water partition coefficient (Wildman–Crippen LogP) is 1.63. The van der Waals surface area contributed by atoms with Crippen LogP contribution in [-0.2, 0) is 16.1 Å².